The van der Waals surface area contributed by atoms with Crippen molar-refractivity contribution in [2.75, 3.05) is 13.2 Å². The van der Waals surface area contributed by atoms with Gasteiger partial charge in [-0.2, -0.15) is 0 Å². The van der Waals surface area contributed by atoms with Gasteiger partial charge in [0.2, 0.25) is 11.8 Å². The van der Waals surface area contributed by atoms with E-state index in [0.29, 0.717) is 25.6 Å². The van der Waals surface area contributed by atoms with Gasteiger partial charge in [0.05, 0.1) is 0 Å². The SMILES string of the molecule is CCC(C)C(=O)NCc1ccc(OCCOc2ccccc2)nc1. The summed E-state index contributed by atoms with van der Waals surface area (Å²) in [4.78, 5) is 16.0. The van der Waals surface area contributed by atoms with Crippen LogP contribution in [0.25, 0.3) is 0 Å². The van der Waals surface area contributed by atoms with Crippen molar-refractivity contribution in [1.82, 2.24) is 10.3 Å². The van der Waals surface area contributed by atoms with Crippen molar-refractivity contribution in [2.24, 2.45) is 5.92 Å². The lowest BCUT2D eigenvalue weighted by molar-refractivity contribution is -0.124. The quantitative estimate of drug-likeness (QED) is 0.718. The molecule has 1 heterocycles. The molecule has 0 fully saturated rings. The zero-order chi connectivity index (χ0) is 17.2. The molecule has 0 aliphatic heterocycles. The van der Waals surface area contributed by atoms with Gasteiger partial charge in [0.15, 0.2) is 0 Å². The molecule has 0 aliphatic carbocycles. The lowest BCUT2D eigenvalue weighted by Gasteiger charge is -2.10. The van der Waals surface area contributed by atoms with Crippen LogP contribution in [0.2, 0.25) is 0 Å². The molecule has 0 bridgehead atoms. The first-order valence-electron chi connectivity index (χ1n) is 8.22. The molecular weight excluding hydrogens is 304 g/mol. The molecule has 0 saturated heterocycles. The summed E-state index contributed by atoms with van der Waals surface area (Å²) < 4.78 is 11.1. The smallest absolute Gasteiger partial charge is 0.223 e. The molecule has 5 nitrogen and oxygen atoms in total. The van der Waals surface area contributed by atoms with E-state index in [-0.39, 0.29) is 11.8 Å². The molecule has 2 rings (SSSR count). The van der Waals surface area contributed by atoms with Gasteiger partial charge in [-0.1, -0.05) is 38.1 Å². The van der Waals surface area contributed by atoms with Crippen LogP contribution < -0.4 is 14.8 Å². The van der Waals surface area contributed by atoms with E-state index in [1.165, 1.54) is 0 Å². The van der Waals surface area contributed by atoms with Crippen LogP contribution in [0, 0.1) is 5.92 Å². The summed E-state index contributed by atoms with van der Waals surface area (Å²) >= 11 is 0. The topological polar surface area (TPSA) is 60.5 Å². The number of amides is 1. The summed E-state index contributed by atoms with van der Waals surface area (Å²) in [5.74, 6) is 1.46. The van der Waals surface area contributed by atoms with Gasteiger partial charge in [-0.15, -0.1) is 0 Å². The Morgan fingerprint density at radius 2 is 1.88 bits per heavy atom. The Balaban J connectivity index is 1.69. The fourth-order valence-corrected chi connectivity index (χ4v) is 1.97. The second kappa shape index (κ2) is 9.55. The number of nitrogens with one attached hydrogen (secondary N) is 1. The summed E-state index contributed by atoms with van der Waals surface area (Å²) in [7, 11) is 0. The first-order valence-corrected chi connectivity index (χ1v) is 8.22. The van der Waals surface area contributed by atoms with E-state index in [9.17, 15) is 4.79 Å². The minimum absolute atomic E-state index is 0.0326. The van der Waals surface area contributed by atoms with Crippen molar-refractivity contribution in [2.45, 2.75) is 26.8 Å². The van der Waals surface area contributed by atoms with E-state index in [0.717, 1.165) is 17.7 Å². The third kappa shape index (κ3) is 5.91. The molecule has 1 N–H and O–H groups in total. The van der Waals surface area contributed by atoms with Crippen molar-refractivity contribution in [1.29, 1.82) is 0 Å². The molecule has 0 aliphatic rings. The Hall–Kier alpha value is -2.56. The molecule has 1 atom stereocenters. The van der Waals surface area contributed by atoms with Crippen molar-refractivity contribution in [3.05, 3.63) is 54.2 Å². The highest BCUT2D eigenvalue weighted by Gasteiger charge is 2.09. The molecule has 5 heteroatoms. The van der Waals surface area contributed by atoms with E-state index in [4.69, 9.17) is 9.47 Å². The second-order valence-electron chi connectivity index (χ2n) is 5.54. The maximum atomic E-state index is 11.7. The van der Waals surface area contributed by atoms with E-state index in [1.54, 1.807) is 12.3 Å². The Morgan fingerprint density at radius 3 is 2.54 bits per heavy atom. The monoisotopic (exact) mass is 328 g/mol. The van der Waals surface area contributed by atoms with Gasteiger partial charge in [-0.05, 0) is 24.1 Å². The second-order valence-corrected chi connectivity index (χ2v) is 5.54. The molecule has 24 heavy (non-hydrogen) atoms. The number of para-hydroxylation sites is 1. The van der Waals surface area contributed by atoms with Gasteiger partial charge in [-0.25, -0.2) is 4.98 Å². The van der Waals surface area contributed by atoms with E-state index in [2.05, 4.69) is 10.3 Å². The number of pyridine rings is 1. The van der Waals surface area contributed by atoms with Gasteiger partial charge in [0, 0.05) is 24.7 Å². The number of carbonyl (C=O) groups excluding carboxylic acids is 1. The molecule has 1 unspecified atom stereocenters. The van der Waals surface area contributed by atoms with Crippen LogP contribution >= 0.6 is 0 Å². The van der Waals surface area contributed by atoms with Crippen molar-refractivity contribution < 1.29 is 14.3 Å². The molecule has 0 spiro atoms. The largest absolute Gasteiger partial charge is 0.490 e. The molecule has 0 radical (unpaired) electrons. The summed E-state index contributed by atoms with van der Waals surface area (Å²) in [6, 6.07) is 13.3. The highest BCUT2D eigenvalue weighted by atomic mass is 16.5. The summed E-state index contributed by atoms with van der Waals surface area (Å²) in [6.07, 6.45) is 2.55. The van der Waals surface area contributed by atoms with Crippen molar-refractivity contribution >= 4 is 5.91 Å². The number of aromatic nitrogens is 1. The number of nitrogens with zero attached hydrogens (tertiary/aromatic N) is 1. The zero-order valence-corrected chi connectivity index (χ0v) is 14.2. The number of carbonyl (C=O) groups is 1. The fraction of sp³-hybridized carbons (Fsp3) is 0.368. The lowest BCUT2D eigenvalue weighted by atomic mass is 10.1. The standard InChI is InChI=1S/C19H24N2O3/c1-3-15(2)19(22)21-14-16-9-10-18(20-13-16)24-12-11-23-17-7-5-4-6-8-17/h4-10,13,15H,3,11-12,14H2,1-2H3,(H,21,22). The normalized spacial score (nSPS) is 11.6. The zero-order valence-electron chi connectivity index (χ0n) is 14.2. The molecule has 2 aromatic rings. The molecule has 1 aromatic carbocycles. The molecular formula is C19H24N2O3. The van der Waals surface area contributed by atoms with Gasteiger partial charge in [0.1, 0.15) is 19.0 Å². The Kier molecular flexibility index (Phi) is 7.08. The van der Waals surface area contributed by atoms with E-state index >= 15 is 0 Å². The van der Waals surface area contributed by atoms with Gasteiger partial charge in [0.25, 0.3) is 0 Å². The molecule has 0 saturated carbocycles. The minimum atomic E-state index is 0.0326. The number of hydrogen-bond acceptors (Lipinski definition) is 4. The fourth-order valence-electron chi connectivity index (χ4n) is 1.97. The van der Waals surface area contributed by atoms with Crippen molar-refractivity contribution in [3.63, 3.8) is 0 Å². The third-order valence-electron chi connectivity index (χ3n) is 3.67. The van der Waals surface area contributed by atoms with Crippen molar-refractivity contribution in [3.8, 4) is 11.6 Å². The highest BCUT2D eigenvalue weighted by molar-refractivity contribution is 5.78. The molecule has 128 valence electrons. The number of rotatable bonds is 9. The minimum Gasteiger partial charge on any atom is -0.490 e. The van der Waals surface area contributed by atoms with Crippen LogP contribution in [-0.2, 0) is 11.3 Å². The predicted molar refractivity (Wildman–Crippen MR) is 93.0 cm³/mol. The maximum absolute atomic E-state index is 11.7. The lowest BCUT2D eigenvalue weighted by Crippen LogP contribution is -2.28. The molecule has 1 aromatic heterocycles. The van der Waals surface area contributed by atoms with E-state index in [1.807, 2.05) is 50.2 Å². The summed E-state index contributed by atoms with van der Waals surface area (Å²) in [5.41, 5.74) is 0.944. The number of ether oxygens (including phenoxy) is 2. The summed E-state index contributed by atoms with van der Waals surface area (Å²) in [5, 5.41) is 2.90. The highest BCUT2D eigenvalue weighted by Crippen LogP contribution is 2.10. The van der Waals surface area contributed by atoms with Gasteiger partial charge in [-0.3, -0.25) is 4.79 Å². The Labute approximate surface area is 143 Å². The van der Waals surface area contributed by atoms with Gasteiger partial charge >= 0.3 is 0 Å². The Bertz CT molecular complexity index is 614. The van der Waals surface area contributed by atoms with Crippen LogP contribution in [0.5, 0.6) is 11.6 Å². The third-order valence-corrected chi connectivity index (χ3v) is 3.67. The predicted octanol–water partition coefficient (Wildman–Crippen LogP) is 3.20. The summed E-state index contributed by atoms with van der Waals surface area (Å²) in [6.45, 7) is 5.28. The number of benzene rings is 1. The van der Waals surface area contributed by atoms with Crippen LogP contribution in [0.3, 0.4) is 0 Å². The molecule has 1 amide bonds. The average Bonchev–Trinajstić information content (AvgIpc) is 2.64. The van der Waals surface area contributed by atoms with E-state index < -0.39 is 0 Å². The first kappa shape index (κ1) is 17.8. The van der Waals surface area contributed by atoms with Crippen LogP contribution in [0.15, 0.2) is 48.7 Å². The van der Waals surface area contributed by atoms with Crippen LogP contribution in [-0.4, -0.2) is 24.1 Å². The van der Waals surface area contributed by atoms with Crippen LogP contribution in [0.4, 0.5) is 0 Å². The van der Waals surface area contributed by atoms with Crippen LogP contribution in [0.1, 0.15) is 25.8 Å². The average molecular weight is 328 g/mol. The Morgan fingerprint density at radius 1 is 1.12 bits per heavy atom. The number of hydrogen-bond donors (Lipinski definition) is 1. The maximum Gasteiger partial charge on any atom is 0.223 e. The first-order chi connectivity index (χ1) is 11.7. The van der Waals surface area contributed by atoms with Gasteiger partial charge < -0.3 is 14.8 Å².